The summed E-state index contributed by atoms with van der Waals surface area (Å²) >= 11 is 0. The summed E-state index contributed by atoms with van der Waals surface area (Å²) in [6, 6.07) is 0. The number of halogens is 3. The van der Waals surface area contributed by atoms with Crippen molar-refractivity contribution in [2.45, 2.75) is 0 Å². The van der Waals surface area contributed by atoms with Crippen LogP contribution in [-0.2, 0) is 9.68 Å². The fourth-order valence-corrected chi connectivity index (χ4v) is 0.138. The third-order valence-corrected chi connectivity index (χ3v) is 0.410. The van der Waals surface area contributed by atoms with Crippen molar-refractivity contribution in [3.05, 3.63) is 12.0 Å². The van der Waals surface area contributed by atoms with E-state index >= 15 is 0 Å². The van der Waals surface area contributed by atoms with E-state index in [0.717, 1.165) is 7.11 Å². The van der Waals surface area contributed by atoms with Crippen LogP contribution in [0.15, 0.2) is 12.0 Å². The van der Waals surface area contributed by atoms with E-state index in [1.165, 1.54) is 0 Å². The number of hydrogen-bond donors (Lipinski definition) is 0. The molecule has 0 aliphatic carbocycles. The van der Waals surface area contributed by atoms with E-state index in [1.807, 2.05) is 0 Å². The third-order valence-electron chi connectivity index (χ3n) is 0.410. The SMILES string of the molecule is COC(OF)=C(F)F. The lowest BCUT2D eigenvalue weighted by Gasteiger charge is -1.93. The second kappa shape index (κ2) is 3.17. The van der Waals surface area contributed by atoms with Crippen LogP contribution in [0.25, 0.3) is 0 Å². The first kappa shape index (κ1) is 7.13. The van der Waals surface area contributed by atoms with Gasteiger partial charge in [-0.15, -0.1) is 0 Å². The van der Waals surface area contributed by atoms with Crippen LogP contribution in [-0.4, -0.2) is 7.11 Å². The van der Waals surface area contributed by atoms with Crippen molar-refractivity contribution in [2.24, 2.45) is 0 Å². The highest BCUT2D eigenvalue weighted by Gasteiger charge is 2.06. The van der Waals surface area contributed by atoms with Crippen LogP contribution in [0.2, 0.25) is 0 Å². The van der Waals surface area contributed by atoms with E-state index in [2.05, 4.69) is 9.68 Å². The van der Waals surface area contributed by atoms with Gasteiger partial charge in [-0.1, -0.05) is 0 Å². The van der Waals surface area contributed by atoms with Crippen molar-refractivity contribution in [1.82, 2.24) is 0 Å². The van der Waals surface area contributed by atoms with Gasteiger partial charge in [-0.2, -0.15) is 8.78 Å². The van der Waals surface area contributed by atoms with Crippen molar-refractivity contribution in [2.75, 3.05) is 7.11 Å². The molecule has 0 aliphatic rings. The molecule has 5 heteroatoms. The minimum atomic E-state index is -2.32. The van der Waals surface area contributed by atoms with Gasteiger partial charge in [0, 0.05) is 4.53 Å². The van der Waals surface area contributed by atoms with Crippen LogP contribution >= 0.6 is 0 Å². The molecule has 0 fully saturated rings. The molecular formula is C3H3F3O2. The van der Waals surface area contributed by atoms with Crippen molar-refractivity contribution in [3.8, 4) is 0 Å². The highest BCUT2D eigenvalue weighted by atomic mass is 19.3. The lowest BCUT2D eigenvalue weighted by molar-refractivity contribution is -0.147. The molecule has 0 aromatic heterocycles. The quantitative estimate of drug-likeness (QED) is 0.526. The van der Waals surface area contributed by atoms with E-state index in [0.29, 0.717) is 0 Å². The Morgan fingerprint density at radius 1 is 1.38 bits per heavy atom. The minimum absolute atomic E-state index is 0.869. The van der Waals surface area contributed by atoms with E-state index in [9.17, 15) is 13.3 Å². The molecule has 0 amide bonds. The maximum Gasteiger partial charge on any atom is 0.389 e. The fraction of sp³-hybridized carbons (Fsp3) is 0.333. The zero-order valence-electron chi connectivity index (χ0n) is 3.95. The average molecular weight is 128 g/mol. The standard InChI is InChI=1S/C3H3F3O2/c1-7-3(8-6)2(4)5/h1H3. The number of rotatable bonds is 2. The monoisotopic (exact) mass is 128 g/mol. The summed E-state index contributed by atoms with van der Waals surface area (Å²) in [6.45, 7) is 0. The van der Waals surface area contributed by atoms with Crippen molar-refractivity contribution in [1.29, 1.82) is 0 Å². The molecule has 0 bridgehead atoms. The van der Waals surface area contributed by atoms with Crippen molar-refractivity contribution in [3.63, 3.8) is 0 Å². The van der Waals surface area contributed by atoms with Crippen LogP contribution in [0, 0.1) is 0 Å². The molecule has 0 saturated carbocycles. The summed E-state index contributed by atoms with van der Waals surface area (Å²) in [6.07, 6.45) is -2.32. The largest absolute Gasteiger partial charge is 0.463 e. The summed E-state index contributed by atoms with van der Waals surface area (Å²) in [5.41, 5.74) is 0. The van der Waals surface area contributed by atoms with Gasteiger partial charge >= 0.3 is 12.0 Å². The fourth-order valence-electron chi connectivity index (χ4n) is 0.138. The number of methoxy groups -OCH3 is 1. The zero-order chi connectivity index (χ0) is 6.57. The van der Waals surface area contributed by atoms with Crippen LogP contribution in [0.3, 0.4) is 0 Å². The molecule has 0 N–H and O–H groups in total. The van der Waals surface area contributed by atoms with E-state index in [-0.39, 0.29) is 0 Å². The number of hydrogen-bond acceptors (Lipinski definition) is 2. The normalized spacial score (nSPS) is 8.00. The molecule has 0 unspecified atom stereocenters. The first-order chi connectivity index (χ1) is 3.72. The number of ether oxygens (including phenoxy) is 1. The van der Waals surface area contributed by atoms with Crippen LogP contribution in [0.4, 0.5) is 13.3 Å². The maximum atomic E-state index is 11.1. The van der Waals surface area contributed by atoms with Crippen molar-refractivity contribution >= 4 is 0 Å². The van der Waals surface area contributed by atoms with Gasteiger partial charge in [-0.25, -0.2) is 4.94 Å². The Labute approximate surface area is 43.4 Å². The smallest absolute Gasteiger partial charge is 0.389 e. The predicted octanol–water partition coefficient (Wildman–Crippen LogP) is 1.60. The Morgan fingerprint density at radius 2 is 1.88 bits per heavy atom. The molecule has 0 spiro atoms. The van der Waals surface area contributed by atoms with E-state index in [4.69, 9.17) is 0 Å². The van der Waals surface area contributed by atoms with Gasteiger partial charge in [0.15, 0.2) is 0 Å². The van der Waals surface area contributed by atoms with Crippen LogP contribution in [0.1, 0.15) is 0 Å². The molecule has 0 atom stereocenters. The van der Waals surface area contributed by atoms with E-state index in [1.54, 1.807) is 0 Å². The van der Waals surface area contributed by atoms with Gasteiger partial charge in [0.2, 0.25) is 0 Å². The first-order valence-electron chi connectivity index (χ1n) is 1.60. The summed E-state index contributed by atoms with van der Waals surface area (Å²) in [5, 5.41) is 0. The molecule has 0 saturated heterocycles. The first-order valence-corrected chi connectivity index (χ1v) is 1.60. The predicted molar refractivity (Wildman–Crippen MR) is 18.4 cm³/mol. The second-order valence-electron chi connectivity index (χ2n) is 0.829. The van der Waals surface area contributed by atoms with Gasteiger partial charge < -0.3 is 4.74 Å². The molecule has 0 rings (SSSR count). The summed E-state index contributed by atoms with van der Waals surface area (Å²) < 4.78 is 36.6. The van der Waals surface area contributed by atoms with Crippen LogP contribution < -0.4 is 0 Å². The zero-order valence-corrected chi connectivity index (χ0v) is 3.95. The van der Waals surface area contributed by atoms with E-state index < -0.39 is 12.0 Å². The lowest BCUT2D eigenvalue weighted by atomic mass is 11.0. The highest BCUT2D eigenvalue weighted by Crippen LogP contribution is 2.08. The highest BCUT2D eigenvalue weighted by molar-refractivity contribution is 4.79. The second-order valence-corrected chi connectivity index (χ2v) is 0.829. The molecule has 0 radical (unpaired) electrons. The molecule has 2 nitrogen and oxygen atoms in total. The Morgan fingerprint density at radius 3 is 1.88 bits per heavy atom. The molecular weight excluding hydrogens is 125 g/mol. The molecule has 0 aliphatic heterocycles. The van der Waals surface area contributed by atoms with Gasteiger partial charge in [-0.05, 0) is 0 Å². The topological polar surface area (TPSA) is 18.5 Å². The summed E-state index contributed by atoms with van der Waals surface area (Å²) in [4.78, 5) is 2.57. The average Bonchev–Trinajstić information content (AvgIpc) is 1.69. The van der Waals surface area contributed by atoms with Gasteiger partial charge in [-0.3, -0.25) is 0 Å². The Kier molecular flexibility index (Phi) is 2.83. The molecule has 0 aromatic carbocycles. The Bertz CT molecular complexity index is 90.7. The van der Waals surface area contributed by atoms with Gasteiger partial charge in [0.1, 0.15) is 0 Å². The molecule has 48 valence electrons. The maximum absolute atomic E-state index is 11.1. The molecule has 0 heterocycles. The molecule has 8 heavy (non-hydrogen) atoms. The third kappa shape index (κ3) is 1.72. The summed E-state index contributed by atoms with van der Waals surface area (Å²) in [7, 11) is 0.869. The van der Waals surface area contributed by atoms with Gasteiger partial charge in [0.25, 0.3) is 0 Å². The lowest BCUT2D eigenvalue weighted by Crippen LogP contribution is -1.86. The summed E-state index contributed by atoms with van der Waals surface area (Å²) in [5.74, 6) is -1.40. The van der Waals surface area contributed by atoms with Crippen LogP contribution in [0.5, 0.6) is 0 Å². The molecule has 0 aromatic rings. The Balaban J connectivity index is 3.86. The Hall–Kier alpha value is -0.870. The van der Waals surface area contributed by atoms with Crippen molar-refractivity contribution < 1.29 is 23.0 Å². The van der Waals surface area contributed by atoms with Gasteiger partial charge in [0.05, 0.1) is 7.11 Å². The minimum Gasteiger partial charge on any atom is -0.463 e.